The van der Waals surface area contributed by atoms with Gasteiger partial charge >= 0.3 is 0 Å². The van der Waals surface area contributed by atoms with Gasteiger partial charge in [-0.05, 0) is 17.5 Å². The van der Waals surface area contributed by atoms with Gasteiger partial charge in [0.2, 0.25) is 0 Å². The van der Waals surface area contributed by atoms with Gasteiger partial charge in [-0.2, -0.15) is 0 Å². The van der Waals surface area contributed by atoms with E-state index < -0.39 is 0 Å². The van der Waals surface area contributed by atoms with Crippen molar-refractivity contribution in [2.75, 3.05) is 0 Å². The van der Waals surface area contributed by atoms with Crippen LogP contribution in [0.5, 0.6) is 0 Å². The van der Waals surface area contributed by atoms with E-state index in [0.717, 1.165) is 21.7 Å². The number of benzene rings is 1. The third-order valence-corrected chi connectivity index (χ3v) is 2.74. The number of aromatic nitrogens is 2. The molecule has 2 aromatic heterocycles. The molecule has 0 radical (unpaired) electrons. The van der Waals surface area contributed by atoms with E-state index in [0.29, 0.717) is 5.15 Å². The van der Waals surface area contributed by atoms with Crippen molar-refractivity contribution in [3.63, 3.8) is 0 Å². The summed E-state index contributed by atoms with van der Waals surface area (Å²) in [6, 6.07) is 9.92. The zero-order valence-electron chi connectivity index (χ0n) is 7.81. The molecule has 0 fully saturated rings. The van der Waals surface area contributed by atoms with Crippen LogP contribution in [0, 0.1) is 0 Å². The molecule has 72 valence electrons. The molecular weight excluding hydrogens is 208 g/mol. The van der Waals surface area contributed by atoms with Gasteiger partial charge in [-0.1, -0.05) is 29.8 Å². The molecule has 3 heteroatoms. The topological polar surface area (TPSA) is 25.8 Å². The Kier molecular flexibility index (Phi) is 1.82. The lowest BCUT2D eigenvalue weighted by Crippen LogP contribution is -1.84. The van der Waals surface area contributed by atoms with Crippen molar-refractivity contribution in [1.29, 1.82) is 0 Å². The maximum atomic E-state index is 6.08. The summed E-state index contributed by atoms with van der Waals surface area (Å²) in [6.45, 7) is 0. The fraction of sp³-hybridized carbons (Fsp3) is 0. The highest BCUT2D eigenvalue weighted by molar-refractivity contribution is 6.35. The van der Waals surface area contributed by atoms with Crippen LogP contribution in [0.15, 0.2) is 42.7 Å². The van der Waals surface area contributed by atoms with Gasteiger partial charge in [-0.15, -0.1) is 0 Å². The lowest BCUT2D eigenvalue weighted by Gasteiger charge is -2.03. The van der Waals surface area contributed by atoms with Gasteiger partial charge in [0.1, 0.15) is 5.15 Å². The van der Waals surface area contributed by atoms with Gasteiger partial charge in [0, 0.05) is 23.2 Å². The van der Waals surface area contributed by atoms with E-state index in [1.807, 2.05) is 30.3 Å². The van der Waals surface area contributed by atoms with E-state index >= 15 is 0 Å². The van der Waals surface area contributed by atoms with Crippen LogP contribution in [-0.2, 0) is 0 Å². The van der Waals surface area contributed by atoms with E-state index in [1.165, 1.54) is 0 Å². The smallest absolute Gasteiger partial charge is 0.139 e. The summed E-state index contributed by atoms with van der Waals surface area (Å²) >= 11 is 6.08. The van der Waals surface area contributed by atoms with Crippen molar-refractivity contribution >= 4 is 33.3 Å². The number of para-hydroxylation sites is 1. The fourth-order valence-electron chi connectivity index (χ4n) is 1.76. The second-order valence-electron chi connectivity index (χ2n) is 3.34. The van der Waals surface area contributed by atoms with E-state index in [1.54, 1.807) is 12.4 Å². The first-order valence-electron chi connectivity index (χ1n) is 4.64. The molecule has 15 heavy (non-hydrogen) atoms. The molecule has 0 aliphatic carbocycles. The average molecular weight is 215 g/mol. The summed E-state index contributed by atoms with van der Waals surface area (Å²) in [5.41, 5.74) is 0.918. The largest absolute Gasteiger partial charge is 0.264 e. The van der Waals surface area contributed by atoms with Crippen LogP contribution in [0.4, 0.5) is 0 Å². The van der Waals surface area contributed by atoms with E-state index in [9.17, 15) is 0 Å². The van der Waals surface area contributed by atoms with Crippen LogP contribution in [-0.4, -0.2) is 9.97 Å². The molecule has 0 saturated carbocycles. The van der Waals surface area contributed by atoms with Crippen molar-refractivity contribution in [1.82, 2.24) is 9.97 Å². The van der Waals surface area contributed by atoms with Crippen LogP contribution >= 0.6 is 11.6 Å². The van der Waals surface area contributed by atoms with Gasteiger partial charge in [0.15, 0.2) is 0 Å². The van der Waals surface area contributed by atoms with Crippen molar-refractivity contribution in [3.8, 4) is 0 Å². The Balaban J connectivity index is 2.64. The van der Waals surface area contributed by atoms with E-state index in [2.05, 4.69) is 9.97 Å². The first kappa shape index (κ1) is 8.62. The Morgan fingerprint density at radius 3 is 2.73 bits per heavy atom. The SMILES string of the molecule is Clc1nc2ccccc2c2ccncc12. The third kappa shape index (κ3) is 1.26. The minimum Gasteiger partial charge on any atom is -0.264 e. The molecular formula is C12H7ClN2. The zero-order valence-corrected chi connectivity index (χ0v) is 8.57. The molecule has 0 aliphatic heterocycles. The van der Waals surface area contributed by atoms with Crippen molar-refractivity contribution in [2.45, 2.75) is 0 Å². The summed E-state index contributed by atoms with van der Waals surface area (Å²) in [6.07, 6.45) is 3.52. The summed E-state index contributed by atoms with van der Waals surface area (Å²) in [5.74, 6) is 0. The molecule has 0 unspecified atom stereocenters. The Morgan fingerprint density at radius 2 is 1.80 bits per heavy atom. The molecule has 3 aromatic rings. The molecule has 0 aliphatic rings. The first-order chi connectivity index (χ1) is 7.36. The quantitative estimate of drug-likeness (QED) is 0.423. The highest BCUT2D eigenvalue weighted by Gasteiger charge is 2.05. The zero-order chi connectivity index (χ0) is 10.3. The van der Waals surface area contributed by atoms with Crippen molar-refractivity contribution < 1.29 is 0 Å². The highest BCUT2D eigenvalue weighted by Crippen LogP contribution is 2.27. The highest BCUT2D eigenvalue weighted by atomic mass is 35.5. The number of hydrogen-bond donors (Lipinski definition) is 0. The van der Waals surface area contributed by atoms with Gasteiger partial charge in [0.25, 0.3) is 0 Å². The number of rotatable bonds is 0. The molecule has 3 rings (SSSR count). The maximum absolute atomic E-state index is 6.08. The Morgan fingerprint density at radius 1 is 0.933 bits per heavy atom. The minimum absolute atomic E-state index is 0.511. The monoisotopic (exact) mass is 214 g/mol. The Labute approximate surface area is 91.5 Å². The third-order valence-electron chi connectivity index (χ3n) is 2.46. The molecule has 0 spiro atoms. The number of halogens is 1. The number of nitrogens with zero attached hydrogens (tertiary/aromatic N) is 2. The van der Waals surface area contributed by atoms with Crippen molar-refractivity contribution in [2.24, 2.45) is 0 Å². The van der Waals surface area contributed by atoms with Crippen LogP contribution in [0.25, 0.3) is 21.7 Å². The van der Waals surface area contributed by atoms with Crippen LogP contribution in [0.2, 0.25) is 5.15 Å². The fourth-order valence-corrected chi connectivity index (χ4v) is 2.00. The van der Waals surface area contributed by atoms with Gasteiger partial charge in [-0.25, -0.2) is 4.98 Å². The lowest BCUT2D eigenvalue weighted by atomic mass is 10.1. The van der Waals surface area contributed by atoms with Crippen LogP contribution in [0.3, 0.4) is 0 Å². The molecule has 2 nitrogen and oxygen atoms in total. The first-order valence-corrected chi connectivity index (χ1v) is 5.02. The average Bonchev–Trinajstić information content (AvgIpc) is 2.30. The normalized spacial score (nSPS) is 11.0. The molecule has 2 heterocycles. The summed E-state index contributed by atoms with van der Waals surface area (Å²) in [5, 5.41) is 3.62. The van der Waals surface area contributed by atoms with Crippen molar-refractivity contribution in [3.05, 3.63) is 47.9 Å². The number of fused-ring (bicyclic) bond motifs is 3. The standard InChI is InChI=1S/C12H7ClN2/c13-12-10-7-14-6-5-8(10)9-3-1-2-4-11(9)15-12/h1-7H. The second kappa shape index (κ2) is 3.17. The van der Waals surface area contributed by atoms with E-state index in [4.69, 9.17) is 11.6 Å². The lowest BCUT2D eigenvalue weighted by molar-refractivity contribution is 1.35. The summed E-state index contributed by atoms with van der Waals surface area (Å²) < 4.78 is 0. The molecule has 0 N–H and O–H groups in total. The second-order valence-corrected chi connectivity index (χ2v) is 3.70. The predicted octanol–water partition coefficient (Wildman–Crippen LogP) is 3.44. The van der Waals surface area contributed by atoms with E-state index in [-0.39, 0.29) is 0 Å². The van der Waals surface area contributed by atoms with Gasteiger partial charge < -0.3 is 0 Å². The van der Waals surface area contributed by atoms with Gasteiger partial charge in [-0.3, -0.25) is 4.98 Å². The number of hydrogen-bond acceptors (Lipinski definition) is 2. The Hall–Kier alpha value is -1.67. The molecule has 0 bridgehead atoms. The predicted molar refractivity (Wildman–Crippen MR) is 62.1 cm³/mol. The molecule has 0 atom stereocenters. The molecule has 0 amide bonds. The number of pyridine rings is 2. The molecule has 1 aromatic carbocycles. The maximum Gasteiger partial charge on any atom is 0.139 e. The van der Waals surface area contributed by atoms with Gasteiger partial charge in [0.05, 0.1) is 5.52 Å². The Bertz CT molecular complexity index is 649. The molecule has 0 saturated heterocycles. The minimum atomic E-state index is 0.511. The van der Waals surface area contributed by atoms with Crippen LogP contribution in [0.1, 0.15) is 0 Å². The summed E-state index contributed by atoms with van der Waals surface area (Å²) in [4.78, 5) is 8.39. The van der Waals surface area contributed by atoms with Crippen LogP contribution < -0.4 is 0 Å². The summed E-state index contributed by atoms with van der Waals surface area (Å²) in [7, 11) is 0.